The van der Waals surface area contributed by atoms with Crippen LogP contribution >= 0.6 is 0 Å². The van der Waals surface area contributed by atoms with E-state index >= 15 is 0 Å². The second kappa shape index (κ2) is 7.10. The topological polar surface area (TPSA) is 41.6 Å². The average molecular weight is 256 g/mol. The molecule has 1 unspecified atom stereocenters. The first-order valence-corrected chi connectivity index (χ1v) is 7.21. The van der Waals surface area contributed by atoms with Crippen LogP contribution in [0.2, 0.25) is 0 Å². The number of nitrogens with zero attached hydrogens (tertiary/aromatic N) is 1. The summed E-state index contributed by atoms with van der Waals surface area (Å²) >= 11 is 0. The number of likely N-dealkylation sites (tertiary alicyclic amines) is 1. The van der Waals surface area contributed by atoms with Crippen molar-refractivity contribution in [1.82, 2.24) is 10.2 Å². The number of carbonyl (C=O) groups excluding carboxylic acids is 1. The lowest BCUT2D eigenvalue weighted by Gasteiger charge is -2.33. The Labute approximate surface area is 111 Å². The fraction of sp³-hybridized carbons (Fsp3) is 0.929. The van der Waals surface area contributed by atoms with Crippen LogP contribution in [0.25, 0.3) is 0 Å². The Balaban J connectivity index is 2.79. The first-order chi connectivity index (χ1) is 8.54. The molecule has 18 heavy (non-hydrogen) atoms. The summed E-state index contributed by atoms with van der Waals surface area (Å²) in [5.74, 6) is -0.0725. The summed E-state index contributed by atoms with van der Waals surface area (Å²) in [6.07, 6.45) is 2.77. The molecule has 0 aromatic carbocycles. The molecule has 4 heteroatoms. The van der Waals surface area contributed by atoms with Crippen LogP contribution in [0, 0.1) is 0 Å². The Morgan fingerprint density at radius 3 is 2.61 bits per heavy atom. The molecule has 1 atom stereocenters. The van der Waals surface area contributed by atoms with E-state index in [9.17, 15) is 4.79 Å². The number of ether oxygens (including phenoxy) is 1. The number of carbonyl (C=O) groups is 1. The van der Waals surface area contributed by atoms with E-state index in [4.69, 9.17) is 4.74 Å². The largest absolute Gasteiger partial charge is 0.465 e. The van der Waals surface area contributed by atoms with Gasteiger partial charge in [-0.15, -0.1) is 0 Å². The third-order valence-corrected chi connectivity index (χ3v) is 3.61. The van der Waals surface area contributed by atoms with Gasteiger partial charge in [-0.1, -0.05) is 6.92 Å². The summed E-state index contributed by atoms with van der Waals surface area (Å²) in [6.45, 7) is 11.8. The molecule has 1 heterocycles. The number of rotatable bonds is 5. The van der Waals surface area contributed by atoms with Gasteiger partial charge in [0, 0.05) is 12.6 Å². The molecule has 1 saturated heterocycles. The standard InChI is InChI=1S/C14H28N2O2/c1-5-16-10-7-8-14(9-11-16,15-12(3)4)13(17)18-6-2/h12,15H,5-11H2,1-4H3. The molecule has 1 aliphatic rings. The highest BCUT2D eigenvalue weighted by Crippen LogP contribution is 2.25. The molecule has 1 rings (SSSR count). The van der Waals surface area contributed by atoms with Crippen molar-refractivity contribution in [2.75, 3.05) is 26.2 Å². The highest BCUT2D eigenvalue weighted by Gasteiger charge is 2.41. The fourth-order valence-electron chi connectivity index (χ4n) is 2.74. The normalized spacial score (nSPS) is 26.1. The summed E-state index contributed by atoms with van der Waals surface area (Å²) in [5, 5.41) is 3.46. The minimum Gasteiger partial charge on any atom is -0.465 e. The van der Waals surface area contributed by atoms with E-state index in [-0.39, 0.29) is 5.97 Å². The number of hydrogen-bond acceptors (Lipinski definition) is 4. The zero-order valence-corrected chi connectivity index (χ0v) is 12.3. The second-order valence-electron chi connectivity index (χ2n) is 5.39. The zero-order valence-electron chi connectivity index (χ0n) is 12.3. The van der Waals surface area contributed by atoms with Crippen LogP contribution in [-0.2, 0) is 9.53 Å². The second-order valence-corrected chi connectivity index (χ2v) is 5.39. The van der Waals surface area contributed by atoms with Gasteiger partial charge < -0.3 is 9.64 Å². The van der Waals surface area contributed by atoms with E-state index in [0.29, 0.717) is 12.6 Å². The number of esters is 1. The van der Waals surface area contributed by atoms with Crippen molar-refractivity contribution in [3.8, 4) is 0 Å². The predicted octanol–water partition coefficient (Wildman–Crippen LogP) is 1.79. The molecular weight excluding hydrogens is 228 g/mol. The fourth-order valence-corrected chi connectivity index (χ4v) is 2.74. The summed E-state index contributed by atoms with van der Waals surface area (Å²) in [6, 6.07) is 0.294. The molecular formula is C14H28N2O2. The van der Waals surface area contributed by atoms with Crippen molar-refractivity contribution in [3.63, 3.8) is 0 Å². The van der Waals surface area contributed by atoms with E-state index in [1.54, 1.807) is 0 Å². The monoisotopic (exact) mass is 256 g/mol. The van der Waals surface area contributed by atoms with Crippen LogP contribution in [0.1, 0.15) is 47.0 Å². The minimum atomic E-state index is -0.478. The third-order valence-electron chi connectivity index (χ3n) is 3.61. The van der Waals surface area contributed by atoms with Crippen molar-refractivity contribution in [1.29, 1.82) is 0 Å². The Hall–Kier alpha value is -0.610. The van der Waals surface area contributed by atoms with E-state index < -0.39 is 5.54 Å². The van der Waals surface area contributed by atoms with Crippen LogP contribution in [-0.4, -0.2) is 48.7 Å². The van der Waals surface area contributed by atoms with Gasteiger partial charge in [0.25, 0.3) is 0 Å². The highest BCUT2D eigenvalue weighted by atomic mass is 16.5. The molecule has 0 bridgehead atoms. The van der Waals surface area contributed by atoms with Gasteiger partial charge in [-0.3, -0.25) is 10.1 Å². The number of nitrogens with one attached hydrogen (secondary N) is 1. The lowest BCUT2D eigenvalue weighted by Crippen LogP contribution is -2.56. The lowest BCUT2D eigenvalue weighted by atomic mass is 9.89. The van der Waals surface area contributed by atoms with Gasteiger partial charge in [-0.25, -0.2) is 0 Å². The summed E-state index contributed by atoms with van der Waals surface area (Å²) in [5.41, 5.74) is -0.478. The Morgan fingerprint density at radius 1 is 1.33 bits per heavy atom. The van der Waals surface area contributed by atoms with Crippen molar-refractivity contribution in [2.24, 2.45) is 0 Å². The highest BCUT2D eigenvalue weighted by molar-refractivity contribution is 5.81. The quantitative estimate of drug-likeness (QED) is 0.762. The van der Waals surface area contributed by atoms with Crippen molar-refractivity contribution < 1.29 is 9.53 Å². The Morgan fingerprint density at radius 2 is 2.06 bits per heavy atom. The van der Waals surface area contributed by atoms with Crippen LogP contribution in [0.3, 0.4) is 0 Å². The van der Waals surface area contributed by atoms with Gasteiger partial charge >= 0.3 is 5.97 Å². The zero-order chi connectivity index (χ0) is 13.6. The van der Waals surface area contributed by atoms with Crippen molar-refractivity contribution in [2.45, 2.75) is 58.5 Å². The number of hydrogen-bond donors (Lipinski definition) is 1. The maximum Gasteiger partial charge on any atom is 0.326 e. The summed E-state index contributed by atoms with van der Waals surface area (Å²) < 4.78 is 5.29. The predicted molar refractivity (Wildman–Crippen MR) is 73.6 cm³/mol. The molecule has 4 nitrogen and oxygen atoms in total. The van der Waals surface area contributed by atoms with Gasteiger partial charge in [0.2, 0.25) is 0 Å². The van der Waals surface area contributed by atoms with Crippen LogP contribution in [0.4, 0.5) is 0 Å². The van der Waals surface area contributed by atoms with Gasteiger partial charge in [-0.05, 0) is 53.1 Å². The average Bonchev–Trinajstić information content (AvgIpc) is 2.52. The molecule has 106 valence electrons. The maximum atomic E-state index is 12.3. The van der Waals surface area contributed by atoms with Gasteiger partial charge in [0.15, 0.2) is 0 Å². The molecule has 0 amide bonds. The van der Waals surface area contributed by atoms with Crippen LogP contribution < -0.4 is 5.32 Å². The summed E-state index contributed by atoms with van der Waals surface area (Å²) in [4.78, 5) is 14.7. The molecule has 0 saturated carbocycles. The molecule has 1 N–H and O–H groups in total. The van der Waals surface area contributed by atoms with Crippen LogP contribution in [0.15, 0.2) is 0 Å². The van der Waals surface area contributed by atoms with Gasteiger partial charge in [0.1, 0.15) is 5.54 Å². The first kappa shape index (κ1) is 15.4. The third kappa shape index (κ3) is 3.95. The van der Waals surface area contributed by atoms with E-state index in [1.165, 1.54) is 0 Å². The van der Waals surface area contributed by atoms with E-state index in [2.05, 4.69) is 31.0 Å². The first-order valence-electron chi connectivity index (χ1n) is 7.21. The smallest absolute Gasteiger partial charge is 0.326 e. The molecule has 0 radical (unpaired) electrons. The Bertz CT molecular complexity index is 269. The molecule has 0 aliphatic carbocycles. The molecule has 1 aliphatic heterocycles. The minimum absolute atomic E-state index is 0.0725. The maximum absolute atomic E-state index is 12.3. The van der Waals surface area contributed by atoms with Crippen LogP contribution in [0.5, 0.6) is 0 Å². The molecule has 0 aromatic heterocycles. The van der Waals surface area contributed by atoms with E-state index in [1.807, 2.05) is 6.92 Å². The molecule has 1 fully saturated rings. The summed E-state index contributed by atoms with van der Waals surface area (Å²) in [7, 11) is 0. The van der Waals surface area contributed by atoms with E-state index in [0.717, 1.165) is 38.9 Å². The molecule has 0 spiro atoms. The Kier molecular flexibility index (Phi) is 6.09. The van der Waals surface area contributed by atoms with Gasteiger partial charge in [-0.2, -0.15) is 0 Å². The van der Waals surface area contributed by atoms with Crippen molar-refractivity contribution >= 4 is 5.97 Å². The van der Waals surface area contributed by atoms with Crippen molar-refractivity contribution in [3.05, 3.63) is 0 Å². The lowest BCUT2D eigenvalue weighted by molar-refractivity contribution is -0.152. The molecule has 0 aromatic rings. The van der Waals surface area contributed by atoms with Gasteiger partial charge in [0.05, 0.1) is 6.61 Å². The SMILES string of the molecule is CCOC(=O)C1(NC(C)C)CCCN(CC)CC1.